The van der Waals surface area contributed by atoms with E-state index in [1.54, 1.807) is 0 Å². The molecule has 2 fully saturated rings. The van der Waals surface area contributed by atoms with Gasteiger partial charge in [-0.05, 0) is 0 Å². The van der Waals surface area contributed by atoms with Crippen LogP contribution < -0.4 is 0 Å². The van der Waals surface area contributed by atoms with E-state index in [4.69, 9.17) is 19.3 Å². The van der Waals surface area contributed by atoms with E-state index in [1.165, 1.54) is 0 Å². The van der Waals surface area contributed by atoms with Gasteiger partial charge in [-0.3, -0.25) is 0 Å². The van der Waals surface area contributed by atoms with Gasteiger partial charge in [0.15, 0.2) is 12.6 Å². The van der Waals surface area contributed by atoms with Gasteiger partial charge in [-0.2, -0.15) is 0 Å². The van der Waals surface area contributed by atoms with Crippen molar-refractivity contribution in [2.75, 3.05) is 13.2 Å². The predicted octanol–water partition coefficient (Wildman–Crippen LogP) is -5.40. The van der Waals surface area contributed by atoms with Crippen LogP contribution in [0, 0.1) is 0 Å². The SMILES string of the molecule is OC[C@@H]1O[C@H](O[C@@H]2[C@H](O)[C@H](O)[C@H](O)O[C@@H]2CO)[C@@H](O)[C@@H](O)[C@H]1O. The molecule has 0 aromatic heterocycles. The standard InChI is InChI=1S/C12H22O11/c13-1-3-5(15)6(16)9(19)12(22-3)23-10-4(2-14)21-11(20)8(18)7(10)17/h3-20H,1-2H2/t3-,4+,5-,6-,7+,8-,9-,10-,11+,12+/m0/s1. The first-order valence-electron chi connectivity index (χ1n) is 7.08. The van der Waals surface area contributed by atoms with Gasteiger partial charge < -0.3 is 55.1 Å². The zero-order chi connectivity index (χ0) is 17.3. The number of ether oxygens (including phenoxy) is 3. The van der Waals surface area contributed by atoms with Crippen LogP contribution in [-0.2, 0) is 14.2 Å². The van der Waals surface area contributed by atoms with Gasteiger partial charge in [0, 0.05) is 0 Å². The van der Waals surface area contributed by atoms with Gasteiger partial charge in [0.2, 0.25) is 0 Å². The number of aliphatic hydroxyl groups is 8. The minimum atomic E-state index is -1.74. The summed E-state index contributed by atoms with van der Waals surface area (Å²) in [7, 11) is 0. The second-order valence-electron chi connectivity index (χ2n) is 5.53. The summed E-state index contributed by atoms with van der Waals surface area (Å²) in [5.74, 6) is 0. The van der Waals surface area contributed by atoms with Crippen LogP contribution in [0.5, 0.6) is 0 Å². The normalized spacial score (nSPS) is 51.7. The lowest BCUT2D eigenvalue weighted by atomic mass is 9.97. The highest BCUT2D eigenvalue weighted by Gasteiger charge is 2.50. The van der Waals surface area contributed by atoms with Crippen molar-refractivity contribution in [3.8, 4) is 0 Å². The lowest BCUT2D eigenvalue weighted by Gasteiger charge is -2.45. The summed E-state index contributed by atoms with van der Waals surface area (Å²) in [5, 5.41) is 76.5. The molecule has 136 valence electrons. The van der Waals surface area contributed by atoms with E-state index in [1.807, 2.05) is 0 Å². The van der Waals surface area contributed by atoms with Crippen LogP contribution >= 0.6 is 0 Å². The Morgan fingerprint density at radius 3 is 1.83 bits per heavy atom. The molecule has 23 heavy (non-hydrogen) atoms. The molecule has 0 spiro atoms. The molecule has 0 aliphatic carbocycles. The molecule has 0 radical (unpaired) electrons. The first-order valence-corrected chi connectivity index (χ1v) is 7.08. The van der Waals surface area contributed by atoms with Gasteiger partial charge in [0.1, 0.15) is 48.8 Å². The second-order valence-corrected chi connectivity index (χ2v) is 5.53. The smallest absolute Gasteiger partial charge is 0.187 e. The zero-order valence-electron chi connectivity index (χ0n) is 12.0. The molecule has 11 nitrogen and oxygen atoms in total. The number of aliphatic hydroxyl groups excluding tert-OH is 8. The molecule has 2 aliphatic rings. The van der Waals surface area contributed by atoms with E-state index in [9.17, 15) is 35.7 Å². The molecular formula is C12H22O11. The summed E-state index contributed by atoms with van der Waals surface area (Å²) in [6.07, 6.45) is -15.6. The molecule has 0 bridgehead atoms. The van der Waals surface area contributed by atoms with E-state index in [2.05, 4.69) is 0 Å². The van der Waals surface area contributed by atoms with Gasteiger partial charge in [-0.1, -0.05) is 0 Å². The summed E-state index contributed by atoms with van der Waals surface area (Å²) < 4.78 is 15.3. The summed E-state index contributed by atoms with van der Waals surface area (Å²) in [6, 6.07) is 0. The molecule has 11 heteroatoms. The maximum atomic E-state index is 9.94. The quantitative estimate of drug-likeness (QED) is 0.243. The third-order valence-electron chi connectivity index (χ3n) is 3.98. The molecule has 8 N–H and O–H groups in total. The molecule has 10 atom stereocenters. The van der Waals surface area contributed by atoms with E-state index in [0.717, 1.165) is 0 Å². The van der Waals surface area contributed by atoms with E-state index in [0.29, 0.717) is 0 Å². The highest BCUT2D eigenvalue weighted by atomic mass is 16.7. The van der Waals surface area contributed by atoms with E-state index < -0.39 is 74.6 Å². The fraction of sp³-hybridized carbons (Fsp3) is 1.00. The van der Waals surface area contributed by atoms with Gasteiger partial charge in [0.05, 0.1) is 13.2 Å². The van der Waals surface area contributed by atoms with Crippen LogP contribution in [0.2, 0.25) is 0 Å². The first kappa shape index (κ1) is 18.9. The minimum absolute atomic E-state index is 0.667. The summed E-state index contributed by atoms with van der Waals surface area (Å²) in [6.45, 7) is -1.35. The molecule has 2 rings (SSSR count). The average Bonchev–Trinajstić information content (AvgIpc) is 2.55. The highest BCUT2D eigenvalue weighted by Crippen LogP contribution is 2.28. The Morgan fingerprint density at radius 2 is 1.26 bits per heavy atom. The van der Waals surface area contributed by atoms with Crippen LogP contribution in [0.4, 0.5) is 0 Å². The van der Waals surface area contributed by atoms with Crippen LogP contribution in [0.3, 0.4) is 0 Å². The second kappa shape index (κ2) is 7.63. The summed E-state index contributed by atoms with van der Waals surface area (Å²) >= 11 is 0. The molecule has 0 amide bonds. The van der Waals surface area contributed by atoms with Crippen molar-refractivity contribution in [1.29, 1.82) is 0 Å². The fourth-order valence-corrected chi connectivity index (χ4v) is 2.57. The first-order chi connectivity index (χ1) is 10.8. The molecule has 0 aromatic carbocycles. The van der Waals surface area contributed by atoms with Crippen molar-refractivity contribution in [2.45, 2.75) is 61.4 Å². The molecular weight excluding hydrogens is 320 g/mol. The summed E-state index contributed by atoms with van der Waals surface area (Å²) in [5.41, 5.74) is 0. The van der Waals surface area contributed by atoms with E-state index in [-0.39, 0.29) is 0 Å². The van der Waals surface area contributed by atoms with Gasteiger partial charge in [-0.15, -0.1) is 0 Å². The van der Waals surface area contributed by atoms with Crippen molar-refractivity contribution in [3.05, 3.63) is 0 Å². The zero-order valence-corrected chi connectivity index (χ0v) is 12.0. The topological polar surface area (TPSA) is 190 Å². The Morgan fingerprint density at radius 1 is 0.652 bits per heavy atom. The van der Waals surface area contributed by atoms with Crippen molar-refractivity contribution in [1.82, 2.24) is 0 Å². The van der Waals surface area contributed by atoms with E-state index >= 15 is 0 Å². The monoisotopic (exact) mass is 342 g/mol. The van der Waals surface area contributed by atoms with Gasteiger partial charge >= 0.3 is 0 Å². The average molecular weight is 342 g/mol. The largest absolute Gasteiger partial charge is 0.394 e. The molecule has 2 saturated heterocycles. The Hall–Kier alpha value is -0.440. The van der Waals surface area contributed by atoms with Crippen LogP contribution in [0.15, 0.2) is 0 Å². The molecule has 0 aromatic rings. The van der Waals surface area contributed by atoms with Crippen LogP contribution in [-0.4, -0.2) is 115 Å². The maximum absolute atomic E-state index is 9.94. The minimum Gasteiger partial charge on any atom is -0.394 e. The third-order valence-corrected chi connectivity index (χ3v) is 3.98. The lowest BCUT2D eigenvalue weighted by Crippen LogP contribution is -2.64. The molecule has 2 heterocycles. The highest BCUT2D eigenvalue weighted by molar-refractivity contribution is 4.93. The van der Waals surface area contributed by atoms with Crippen molar-refractivity contribution >= 4 is 0 Å². The molecule has 0 saturated carbocycles. The van der Waals surface area contributed by atoms with Crippen molar-refractivity contribution in [3.63, 3.8) is 0 Å². The van der Waals surface area contributed by atoms with Crippen LogP contribution in [0.1, 0.15) is 0 Å². The number of hydrogen-bond donors (Lipinski definition) is 8. The van der Waals surface area contributed by atoms with Gasteiger partial charge in [-0.25, -0.2) is 0 Å². The Kier molecular flexibility index (Phi) is 6.27. The lowest BCUT2D eigenvalue weighted by molar-refractivity contribution is -0.355. The Bertz CT molecular complexity index is 378. The maximum Gasteiger partial charge on any atom is 0.187 e. The predicted molar refractivity (Wildman–Crippen MR) is 68.6 cm³/mol. The number of hydrogen-bond acceptors (Lipinski definition) is 11. The third kappa shape index (κ3) is 3.65. The Balaban J connectivity index is 2.11. The molecule has 0 unspecified atom stereocenters. The van der Waals surface area contributed by atoms with Crippen molar-refractivity contribution < 1.29 is 55.1 Å². The fourth-order valence-electron chi connectivity index (χ4n) is 2.57. The molecule has 2 aliphatic heterocycles. The Labute approximate surface area is 130 Å². The van der Waals surface area contributed by atoms with Crippen LogP contribution in [0.25, 0.3) is 0 Å². The summed E-state index contributed by atoms with van der Waals surface area (Å²) in [4.78, 5) is 0. The van der Waals surface area contributed by atoms with Crippen molar-refractivity contribution in [2.24, 2.45) is 0 Å². The number of rotatable bonds is 4. The van der Waals surface area contributed by atoms with Gasteiger partial charge in [0.25, 0.3) is 0 Å².